The molecule has 7 heteroatoms. The normalized spacial score (nSPS) is 13.8. The Hall–Kier alpha value is -2.77. The van der Waals surface area contributed by atoms with Crippen molar-refractivity contribution in [2.24, 2.45) is 0 Å². The predicted octanol–water partition coefficient (Wildman–Crippen LogP) is 2.29. The average Bonchev–Trinajstić information content (AvgIpc) is 2.69. The van der Waals surface area contributed by atoms with E-state index < -0.39 is 0 Å². The number of rotatable bonds is 3. The van der Waals surface area contributed by atoms with Crippen molar-refractivity contribution in [3.8, 4) is 0 Å². The van der Waals surface area contributed by atoms with Gasteiger partial charge in [-0.1, -0.05) is 30.3 Å². The molecule has 1 aliphatic rings. The number of thiocarbonyl (C=S) groups is 1. The van der Waals surface area contributed by atoms with E-state index in [0.29, 0.717) is 43.1 Å². The molecule has 2 N–H and O–H groups in total. The SMILES string of the molecule is O=C(NC(=S)Nc1ccccc1C(=O)N1CCOCC1)c1ccccc1. The molecule has 2 amide bonds. The number of nitrogens with one attached hydrogen (secondary N) is 2. The molecule has 26 heavy (non-hydrogen) atoms. The first-order valence-electron chi connectivity index (χ1n) is 8.28. The quantitative estimate of drug-likeness (QED) is 0.813. The maximum absolute atomic E-state index is 12.7. The van der Waals surface area contributed by atoms with Gasteiger partial charge in [0.2, 0.25) is 0 Å². The van der Waals surface area contributed by atoms with Crippen LogP contribution in [-0.2, 0) is 4.74 Å². The first kappa shape index (κ1) is 18.0. The molecule has 1 saturated heterocycles. The molecule has 1 fully saturated rings. The zero-order valence-corrected chi connectivity index (χ0v) is 14.9. The maximum Gasteiger partial charge on any atom is 0.257 e. The molecule has 3 rings (SSSR count). The number of anilines is 1. The number of carbonyl (C=O) groups excluding carboxylic acids is 2. The van der Waals surface area contributed by atoms with Crippen LogP contribution in [0.2, 0.25) is 0 Å². The lowest BCUT2D eigenvalue weighted by molar-refractivity contribution is 0.0303. The first-order valence-corrected chi connectivity index (χ1v) is 8.69. The van der Waals surface area contributed by atoms with Gasteiger partial charge in [-0.05, 0) is 36.5 Å². The van der Waals surface area contributed by atoms with Crippen LogP contribution in [0.5, 0.6) is 0 Å². The van der Waals surface area contributed by atoms with Crippen LogP contribution < -0.4 is 10.6 Å². The van der Waals surface area contributed by atoms with Gasteiger partial charge in [0.05, 0.1) is 24.5 Å². The van der Waals surface area contributed by atoms with Crippen LogP contribution >= 0.6 is 12.2 Å². The molecule has 1 aliphatic heterocycles. The molecule has 6 nitrogen and oxygen atoms in total. The predicted molar refractivity (Wildman–Crippen MR) is 103 cm³/mol. The third kappa shape index (κ3) is 4.44. The molecule has 0 radical (unpaired) electrons. The summed E-state index contributed by atoms with van der Waals surface area (Å²) < 4.78 is 5.29. The van der Waals surface area contributed by atoms with Crippen molar-refractivity contribution in [3.63, 3.8) is 0 Å². The van der Waals surface area contributed by atoms with E-state index in [9.17, 15) is 9.59 Å². The van der Waals surface area contributed by atoms with Crippen LogP contribution in [0.1, 0.15) is 20.7 Å². The summed E-state index contributed by atoms with van der Waals surface area (Å²) >= 11 is 5.23. The van der Waals surface area contributed by atoms with Gasteiger partial charge in [-0.3, -0.25) is 14.9 Å². The van der Waals surface area contributed by atoms with Crippen LogP contribution in [-0.4, -0.2) is 48.1 Å². The molecule has 0 bridgehead atoms. The van der Waals surface area contributed by atoms with Gasteiger partial charge in [0.1, 0.15) is 0 Å². The van der Waals surface area contributed by atoms with Crippen LogP contribution in [0, 0.1) is 0 Å². The summed E-state index contributed by atoms with van der Waals surface area (Å²) in [4.78, 5) is 26.7. The van der Waals surface area contributed by atoms with E-state index >= 15 is 0 Å². The average molecular weight is 369 g/mol. The Labute approximate surface area is 157 Å². The van der Waals surface area contributed by atoms with Crippen molar-refractivity contribution in [1.29, 1.82) is 0 Å². The van der Waals surface area contributed by atoms with E-state index in [1.807, 2.05) is 6.07 Å². The fourth-order valence-electron chi connectivity index (χ4n) is 2.63. The zero-order valence-electron chi connectivity index (χ0n) is 14.1. The van der Waals surface area contributed by atoms with Gasteiger partial charge >= 0.3 is 0 Å². The van der Waals surface area contributed by atoms with E-state index in [1.54, 1.807) is 53.4 Å². The van der Waals surface area contributed by atoms with Crippen molar-refractivity contribution in [2.45, 2.75) is 0 Å². The third-order valence-electron chi connectivity index (χ3n) is 3.97. The Morgan fingerprint density at radius 2 is 1.62 bits per heavy atom. The highest BCUT2D eigenvalue weighted by Crippen LogP contribution is 2.18. The molecule has 0 aromatic heterocycles. The van der Waals surface area contributed by atoms with Gasteiger partial charge in [0.15, 0.2) is 5.11 Å². The number of hydrogen-bond acceptors (Lipinski definition) is 4. The molecule has 1 heterocycles. The van der Waals surface area contributed by atoms with Gasteiger partial charge in [0.25, 0.3) is 11.8 Å². The summed E-state index contributed by atoms with van der Waals surface area (Å²) in [5, 5.41) is 5.72. The summed E-state index contributed by atoms with van der Waals surface area (Å²) in [6.45, 7) is 2.18. The van der Waals surface area contributed by atoms with Crippen LogP contribution in [0.3, 0.4) is 0 Å². The highest BCUT2D eigenvalue weighted by atomic mass is 32.1. The minimum absolute atomic E-state index is 0.0893. The van der Waals surface area contributed by atoms with Crippen LogP contribution in [0.25, 0.3) is 0 Å². The van der Waals surface area contributed by atoms with Crippen molar-refractivity contribution >= 4 is 34.8 Å². The molecule has 0 saturated carbocycles. The second-order valence-electron chi connectivity index (χ2n) is 5.72. The summed E-state index contributed by atoms with van der Waals surface area (Å²) in [5.41, 5.74) is 1.57. The number of ether oxygens (including phenoxy) is 1. The second kappa shape index (κ2) is 8.55. The monoisotopic (exact) mass is 369 g/mol. The molecule has 2 aromatic rings. The Kier molecular flexibility index (Phi) is 5.93. The Morgan fingerprint density at radius 3 is 2.35 bits per heavy atom. The van der Waals surface area contributed by atoms with Gasteiger partial charge in [0, 0.05) is 18.7 Å². The number of para-hydroxylation sites is 1. The number of carbonyl (C=O) groups is 2. The minimum atomic E-state index is -0.305. The highest BCUT2D eigenvalue weighted by molar-refractivity contribution is 7.80. The lowest BCUT2D eigenvalue weighted by atomic mass is 10.1. The summed E-state index contributed by atoms with van der Waals surface area (Å²) in [6.07, 6.45) is 0. The van der Waals surface area contributed by atoms with E-state index in [4.69, 9.17) is 17.0 Å². The second-order valence-corrected chi connectivity index (χ2v) is 6.13. The topological polar surface area (TPSA) is 70.7 Å². The van der Waals surface area contributed by atoms with Crippen molar-refractivity contribution in [3.05, 3.63) is 65.7 Å². The number of benzene rings is 2. The van der Waals surface area contributed by atoms with Crippen molar-refractivity contribution < 1.29 is 14.3 Å². The molecule has 0 unspecified atom stereocenters. The zero-order chi connectivity index (χ0) is 18.4. The van der Waals surface area contributed by atoms with E-state index in [1.165, 1.54) is 0 Å². The molecule has 0 atom stereocenters. The summed E-state index contributed by atoms with van der Waals surface area (Å²) in [6, 6.07) is 15.9. The van der Waals surface area contributed by atoms with Gasteiger partial charge in [-0.15, -0.1) is 0 Å². The summed E-state index contributed by atoms with van der Waals surface area (Å²) in [7, 11) is 0. The number of hydrogen-bond donors (Lipinski definition) is 2. The van der Waals surface area contributed by atoms with Crippen molar-refractivity contribution in [2.75, 3.05) is 31.6 Å². The standard InChI is InChI=1S/C19H19N3O3S/c23-17(14-6-2-1-3-7-14)21-19(26)20-16-9-5-4-8-15(16)18(24)22-10-12-25-13-11-22/h1-9H,10-13H2,(H2,20,21,23,26). The van der Waals surface area contributed by atoms with E-state index in [-0.39, 0.29) is 16.9 Å². The Bertz CT molecular complexity index is 805. The molecule has 2 aromatic carbocycles. The fraction of sp³-hybridized carbons (Fsp3) is 0.211. The fourth-order valence-corrected chi connectivity index (χ4v) is 2.84. The van der Waals surface area contributed by atoms with Crippen LogP contribution in [0.15, 0.2) is 54.6 Å². The number of morpholine rings is 1. The molecule has 0 aliphatic carbocycles. The lowest BCUT2D eigenvalue weighted by Crippen LogP contribution is -2.41. The molecular formula is C19H19N3O3S. The van der Waals surface area contributed by atoms with Gasteiger partial charge < -0.3 is 15.0 Å². The lowest BCUT2D eigenvalue weighted by Gasteiger charge is -2.27. The molecular weight excluding hydrogens is 350 g/mol. The summed E-state index contributed by atoms with van der Waals surface area (Å²) in [5.74, 6) is -0.395. The van der Waals surface area contributed by atoms with Crippen LogP contribution in [0.4, 0.5) is 5.69 Å². The van der Waals surface area contributed by atoms with Gasteiger partial charge in [-0.25, -0.2) is 0 Å². The number of nitrogens with zero attached hydrogens (tertiary/aromatic N) is 1. The smallest absolute Gasteiger partial charge is 0.257 e. The highest BCUT2D eigenvalue weighted by Gasteiger charge is 2.21. The Morgan fingerprint density at radius 1 is 0.962 bits per heavy atom. The molecule has 0 spiro atoms. The minimum Gasteiger partial charge on any atom is -0.378 e. The first-order chi connectivity index (χ1) is 12.6. The number of amides is 2. The largest absolute Gasteiger partial charge is 0.378 e. The van der Waals surface area contributed by atoms with E-state index in [2.05, 4.69) is 10.6 Å². The third-order valence-corrected chi connectivity index (χ3v) is 4.17. The van der Waals surface area contributed by atoms with Crippen molar-refractivity contribution in [1.82, 2.24) is 10.2 Å². The van der Waals surface area contributed by atoms with Gasteiger partial charge in [-0.2, -0.15) is 0 Å². The van der Waals surface area contributed by atoms with E-state index in [0.717, 1.165) is 0 Å². The molecule has 134 valence electrons. The Balaban J connectivity index is 1.68. The maximum atomic E-state index is 12.7.